The number of benzene rings is 3. The minimum Gasteiger partial charge on any atom is -0.504 e. The van der Waals surface area contributed by atoms with Gasteiger partial charge < -0.3 is 15.2 Å². The molecule has 0 radical (unpaired) electrons. The van der Waals surface area contributed by atoms with Crippen LogP contribution in [0.5, 0.6) is 11.5 Å². The van der Waals surface area contributed by atoms with Crippen molar-refractivity contribution in [1.29, 1.82) is 0 Å². The van der Waals surface area contributed by atoms with Gasteiger partial charge in [0.25, 0.3) is 6.17 Å². The highest BCUT2D eigenvalue weighted by Gasteiger charge is 2.37. The Morgan fingerprint density at radius 2 is 1.91 bits per heavy atom. The maximum Gasteiger partial charge on any atom is 0.325 e. The smallest absolute Gasteiger partial charge is 0.325 e. The quantitative estimate of drug-likeness (QED) is 0.309. The van der Waals surface area contributed by atoms with E-state index in [9.17, 15) is 9.90 Å². The zero-order valence-electron chi connectivity index (χ0n) is 18.2. The summed E-state index contributed by atoms with van der Waals surface area (Å²) in [5.74, 6) is 1.09. The number of rotatable bonds is 5. The molecule has 3 N–H and O–H groups in total. The lowest BCUT2D eigenvalue weighted by Gasteiger charge is -2.22. The Morgan fingerprint density at radius 1 is 1.12 bits per heavy atom. The molecular weight excluding hydrogens is 436 g/mol. The summed E-state index contributed by atoms with van der Waals surface area (Å²) < 4.78 is 6.88. The van der Waals surface area contributed by atoms with Gasteiger partial charge in [-0.1, -0.05) is 53.7 Å². The zero-order valence-corrected chi connectivity index (χ0v) is 19.0. The van der Waals surface area contributed by atoms with Gasteiger partial charge in [-0.2, -0.15) is 0 Å². The van der Waals surface area contributed by atoms with Gasteiger partial charge in [-0.3, -0.25) is 9.78 Å². The topological polar surface area (TPSA) is 91.1 Å². The SMILES string of the molecule is COc1ccc([C@H]2Nc3ccccc3-c3c(=O)[nH]c(SCc4ccc(C)cc4)n[n+]32)cc1O. The first-order valence-corrected chi connectivity index (χ1v) is 11.5. The third kappa shape index (κ3) is 4.05. The summed E-state index contributed by atoms with van der Waals surface area (Å²) in [5, 5.41) is 19.1. The molecule has 0 saturated heterocycles. The first kappa shape index (κ1) is 21.1. The van der Waals surface area contributed by atoms with Crippen LogP contribution in [0.15, 0.2) is 76.7 Å². The Balaban J connectivity index is 1.58. The number of fused-ring (bicyclic) bond motifs is 3. The molecule has 166 valence electrons. The third-order valence-corrected chi connectivity index (χ3v) is 6.53. The number of aromatic hydroxyl groups is 1. The number of methoxy groups -OCH3 is 1. The molecule has 1 atom stereocenters. The number of nitrogens with zero attached hydrogens (tertiary/aromatic N) is 2. The fourth-order valence-electron chi connectivity index (χ4n) is 3.89. The van der Waals surface area contributed by atoms with Gasteiger partial charge in [0.15, 0.2) is 11.5 Å². The highest BCUT2D eigenvalue weighted by Crippen LogP contribution is 2.34. The van der Waals surface area contributed by atoms with Gasteiger partial charge in [-0.25, -0.2) is 0 Å². The van der Waals surface area contributed by atoms with Gasteiger partial charge in [-0.05, 0) is 47.5 Å². The van der Waals surface area contributed by atoms with E-state index in [-0.39, 0.29) is 11.3 Å². The molecule has 7 nitrogen and oxygen atoms in total. The lowest BCUT2D eigenvalue weighted by atomic mass is 10.0. The average molecular weight is 460 g/mol. The lowest BCUT2D eigenvalue weighted by molar-refractivity contribution is -0.759. The molecule has 5 rings (SSSR count). The fraction of sp³-hybridized carbons (Fsp3) is 0.160. The summed E-state index contributed by atoms with van der Waals surface area (Å²) in [7, 11) is 1.51. The van der Waals surface area contributed by atoms with Crippen LogP contribution < -0.4 is 20.3 Å². The van der Waals surface area contributed by atoms with Gasteiger partial charge in [0.2, 0.25) is 5.16 Å². The number of phenolic OH excluding ortho intramolecular Hbond substituents is 1. The van der Waals surface area contributed by atoms with Crippen LogP contribution in [0.4, 0.5) is 5.69 Å². The highest BCUT2D eigenvalue weighted by atomic mass is 32.2. The molecule has 8 heteroatoms. The summed E-state index contributed by atoms with van der Waals surface area (Å²) in [4.78, 5) is 16.2. The van der Waals surface area contributed by atoms with E-state index in [4.69, 9.17) is 9.84 Å². The number of hydrogen-bond acceptors (Lipinski definition) is 6. The second-order valence-electron chi connectivity index (χ2n) is 7.85. The first-order chi connectivity index (χ1) is 16.0. The van der Waals surface area contributed by atoms with Crippen molar-refractivity contribution in [2.45, 2.75) is 24.0 Å². The van der Waals surface area contributed by atoms with Gasteiger partial charge in [-0.15, -0.1) is 0 Å². The van der Waals surface area contributed by atoms with Crippen LogP contribution in [0.3, 0.4) is 0 Å². The van der Waals surface area contributed by atoms with Gasteiger partial charge in [0.05, 0.1) is 18.4 Å². The van der Waals surface area contributed by atoms with E-state index in [1.807, 2.05) is 30.3 Å². The van der Waals surface area contributed by atoms with Crippen LogP contribution in [0.1, 0.15) is 22.9 Å². The summed E-state index contributed by atoms with van der Waals surface area (Å²) in [6, 6.07) is 21.1. The van der Waals surface area contributed by atoms with Crippen LogP contribution in [-0.4, -0.2) is 22.3 Å². The minimum absolute atomic E-state index is 0.0246. The molecular formula is C25H23N4O3S+. The standard InChI is InChI=1S/C25H22N4O3S/c1-15-7-9-16(10-8-15)14-33-25-27-24(31)22-18-5-3-4-6-19(18)26-23(29(22)28-25)17-11-12-21(32-2)20(30)13-17/h3-13,23H,14H2,1-2H3,(H2,27,28,30,31)/p+1/t23-/m0/s1. The van der Waals surface area contributed by atoms with Crippen molar-refractivity contribution in [3.63, 3.8) is 0 Å². The van der Waals surface area contributed by atoms with Gasteiger partial charge in [0.1, 0.15) is 0 Å². The highest BCUT2D eigenvalue weighted by molar-refractivity contribution is 7.98. The van der Waals surface area contributed by atoms with Crippen LogP contribution in [0, 0.1) is 6.92 Å². The first-order valence-electron chi connectivity index (χ1n) is 10.5. The second kappa shape index (κ2) is 8.63. The van der Waals surface area contributed by atoms with E-state index in [0.29, 0.717) is 22.4 Å². The number of aromatic nitrogens is 3. The van der Waals surface area contributed by atoms with Gasteiger partial charge >= 0.3 is 11.3 Å². The minimum atomic E-state index is -0.479. The monoisotopic (exact) mass is 459 g/mol. The fourth-order valence-corrected chi connectivity index (χ4v) is 4.70. The van der Waals surface area contributed by atoms with Crippen molar-refractivity contribution in [3.8, 4) is 22.8 Å². The van der Waals surface area contributed by atoms with Gasteiger partial charge in [0, 0.05) is 16.4 Å². The number of hydrogen-bond donors (Lipinski definition) is 3. The number of aromatic amines is 1. The largest absolute Gasteiger partial charge is 0.504 e. The number of thioether (sulfide) groups is 1. The summed E-state index contributed by atoms with van der Waals surface area (Å²) in [6.07, 6.45) is -0.479. The van der Waals surface area contributed by atoms with Crippen LogP contribution in [0.25, 0.3) is 11.3 Å². The number of H-pyrrole nitrogens is 1. The molecule has 0 saturated carbocycles. The Labute approximate surface area is 195 Å². The number of aryl methyl sites for hydroxylation is 1. The normalized spacial score (nSPS) is 14.2. The molecule has 4 aromatic rings. The van der Waals surface area contributed by atoms with Crippen LogP contribution >= 0.6 is 11.8 Å². The third-order valence-electron chi connectivity index (χ3n) is 5.60. The molecule has 1 aliphatic heterocycles. The number of para-hydroxylation sites is 1. The number of ether oxygens (including phenoxy) is 1. The molecule has 2 heterocycles. The maximum absolute atomic E-state index is 13.2. The van der Waals surface area contributed by atoms with E-state index in [1.54, 1.807) is 16.8 Å². The molecule has 0 spiro atoms. The predicted octanol–water partition coefficient (Wildman–Crippen LogP) is 4.01. The number of phenols is 1. The molecule has 1 aromatic heterocycles. The van der Waals surface area contributed by atoms with E-state index in [0.717, 1.165) is 22.4 Å². The van der Waals surface area contributed by atoms with Crippen LogP contribution in [-0.2, 0) is 5.75 Å². The lowest BCUT2D eigenvalue weighted by Crippen LogP contribution is -2.55. The van der Waals surface area contributed by atoms with E-state index < -0.39 is 6.17 Å². The van der Waals surface area contributed by atoms with Crippen molar-refractivity contribution in [2.75, 3.05) is 12.4 Å². The molecule has 33 heavy (non-hydrogen) atoms. The Hall–Kier alpha value is -3.78. The average Bonchev–Trinajstić information content (AvgIpc) is 2.83. The summed E-state index contributed by atoms with van der Waals surface area (Å²) in [6.45, 7) is 2.05. The summed E-state index contributed by atoms with van der Waals surface area (Å²) >= 11 is 1.47. The van der Waals surface area contributed by atoms with E-state index >= 15 is 0 Å². The summed E-state index contributed by atoms with van der Waals surface area (Å²) in [5.41, 5.74) is 4.95. The molecule has 0 aliphatic carbocycles. The van der Waals surface area contributed by atoms with Crippen molar-refractivity contribution in [2.24, 2.45) is 0 Å². The molecule has 0 fully saturated rings. The second-order valence-corrected chi connectivity index (χ2v) is 8.81. The number of anilines is 1. The van der Waals surface area contributed by atoms with Crippen molar-refractivity contribution in [1.82, 2.24) is 10.1 Å². The van der Waals surface area contributed by atoms with Crippen molar-refractivity contribution in [3.05, 3.63) is 93.8 Å². The number of nitrogens with one attached hydrogen (secondary N) is 2. The molecule has 0 amide bonds. The van der Waals surface area contributed by atoms with E-state index in [1.165, 1.54) is 24.4 Å². The maximum atomic E-state index is 13.2. The van der Waals surface area contributed by atoms with Crippen molar-refractivity contribution < 1.29 is 14.5 Å². The molecule has 0 unspecified atom stereocenters. The molecule has 1 aliphatic rings. The van der Waals surface area contributed by atoms with Crippen molar-refractivity contribution >= 4 is 17.4 Å². The molecule has 3 aromatic carbocycles. The Kier molecular flexibility index (Phi) is 5.51. The van der Waals surface area contributed by atoms with Crippen LogP contribution in [0.2, 0.25) is 0 Å². The Bertz CT molecular complexity index is 1390. The Morgan fingerprint density at radius 3 is 2.67 bits per heavy atom. The van der Waals surface area contributed by atoms with E-state index in [2.05, 4.69) is 41.5 Å². The predicted molar refractivity (Wildman–Crippen MR) is 128 cm³/mol. The zero-order chi connectivity index (χ0) is 22.9. The molecule has 0 bridgehead atoms.